The van der Waals surface area contributed by atoms with E-state index in [2.05, 4.69) is 13.8 Å². The predicted molar refractivity (Wildman–Crippen MR) is 131 cm³/mol. The molecule has 7 heteroatoms. The monoisotopic (exact) mass is 486 g/mol. The summed E-state index contributed by atoms with van der Waals surface area (Å²) in [6.45, 7) is 6.58. The molecule has 200 valence electrons. The summed E-state index contributed by atoms with van der Waals surface area (Å²) in [4.78, 5) is 0. The Bertz CT molecular complexity index is 491. The molecule has 4 aliphatic rings. The topological polar surface area (TPSA) is 101 Å². The molecule has 0 aromatic rings. The molecule has 4 fully saturated rings. The molecule has 7 atom stereocenters. The zero-order valence-electron chi connectivity index (χ0n) is 21.5. The van der Waals surface area contributed by atoms with Crippen molar-refractivity contribution < 1.29 is 34.3 Å². The average Bonchev–Trinajstić information content (AvgIpc) is 3.64. The highest BCUT2D eigenvalue weighted by Crippen LogP contribution is 2.32. The molecule has 3 aliphatic carbocycles. The van der Waals surface area contributed by atoms with Crippen LogP contribution in [0.25, 0.3) is 0 Å². The number of ether oxygens (including phenoxy) is 4. The van der Waals surface area contributed by atoms with Crippen molar-refractivity contribution in [1.29, 1.82) is 0 Å². The van der Waals surface area contributed by atoms with Crippen molar-refractivity contribution in [3.8, 4) is 0 Å². The van der Waals surface area contributed by atoms with Crippen molar-refractivity contribution in [2.75, 3.05) is 26.4 Å². The summed E-state index contributed by atoms with van der Waals surface area (Å²) in [5, 5.41) is 31.0. The molecule has 4 rings (SSSR count). The van der Waals surface area contributed by atoms with E-state index in [1.165, 1.54) is 0 Å². The van der Waals surface area contributed by atoms with Crippen molar-refractivity contribution >= 4 is 0 Å². The Kier molecular flexibility index (Phi) is 12.0. The van der Waals surface area contributed by atoms with Crippen LogP contribution in [0.4, 0.5) is 0 Å². The molecule has 1 heterocycles. The van der Waals surface area contributed by atoms with Gasteiger partial charge in [-0.25, -0.2) is 0 Å². The van der Waals surface area contributed by atoms with Crippen molar-refractivity contribution in [2.24, 2.45) is 5.41 Å². The molecule has 0 amide bonds. The average molecular weight is 487 g/mol. The minimum atomic E-state index is -0.393. The molecule has 0 aromatic heterocycles. The van der Waals surface area contributed by atoms with Gasteiger partial charge in [0.15, 0.2) is 0 Å². The van der Waals surface area contributed by atoms with Crippen LogP contribution < -0.4 is 0 Å². The van der Waals surface area contributed by atoms with Crippen LogP contribution in [-0.2, 0) is 18.9 Å². The Morgan fingerprint density at radius 2 is 0.941 bits per heavy atom. The van der Waals surface area contributed by atoms with E-state index in [4.69, 9.17) is 18.9 Å². The van der Waals surface area contributed by atoms with Gasteiger partial charge < -0.3 is 34.3 Å². The minimum absolute atomic E-state index is 0.120. The van der Waals surface area contributed by atoms with Gasteiger partial charge in [-0.05, 0) is 51.9 Å². The number of hydrogen-bond donors (Lipinski definition) is 3. The van der Waals surface area contributed by atoms with Gasteiger partial charge in [0.25, 0.3) is 0 Å². The molecule has 3 N–H and O–H groups in total. The maximum Gasteiger partial charge on any atom is 0.0834 e. The molecule has 0 aromatic carbocycles. The fourth-order valence-electron chi connectivity index (χ4n) is 5.19. The Labute approximate surface area is 206 Å². The van der Waals surface area contributed by atoms with E-state index in [0.717, 1.165) is 90.1 Å². The van der Waals surface area contributed by atoms with Crippen LogP contribution in [-0.4, -0.2) is 84.5 Å². The Morgan fingerprint density at radius 1 is 0.647 bits per heavy atom. The minimum Gasteiger partial charge on any atom is -0.390 e. The summed E-state index contributed by atoms with van der Waals surface area (Å²) in [5.41, 5.74) is -0.342. The maximum atomic E-state index is 10.3. The highest BCUT2D eigenvalue weighted by Gasteiger charge is 2.37. The van der Waals surface area contributed by atoms with Gasteiger partial charge in [0.05, 0.1) is 69.2 Å². The molecule has 7 nitrogen and oxygen atoms in total. The van der Waals surface area contributed by atoms with E-state index in [0.29, 0.717) is 25.9 Å². The first-order valence-electron chi connectivity index (χ1n) is 13.9. The third kappa shape index (κ3) is 9.30. The third-order valence-electron chi connectivity index (χ3n) is 8.06. The summed E-state index contributed by atoms with van der Waals surface area (Å²) in [6, 6.07) is 0. The van der Waals surface area contributed by atoms with Gasteiger partial charge in [-0.1, -0.05) is 45.4 Å². The molecule has 1 saturated heterocycles. The Hall–Kier alpha value is -0.280. The maximum absolute atomic E-state index is 10.3. The summed E-state index contributed by atoms with van der Waals surface area (Å²) < 4.78 is 23.5. The van der Waals surface area contributed by atoms with Crippen LogP contribution >= 0.6 is 0 Å². The van der Waals surface area contributed by atoms with Gasteiger partial charge in [0.2, 0.25) is 0 Å². The molecular weight excluding hydrogens is 436 g/mol. The second-order valence-corrected chi connectivity index (χ2v) is 11.1. The van der Waals surface area contributed by atoms with Gasteiger partial charge in [0.1, 0.15) is 0 Å². The highest BCUT2D eigenvalue weighted by molar-refractivity contribution is 4.85. The van der Waals surface area contributed by atoms with Gasteiger partial charge in [0, 0.05) is 5.41 Å². The lowest BCUT2D eigenvalue weighted by Crippen LogP contribution is -2.45. The van der Waals surface area contributed by atoms with Crippen LogP contribution in [0.1, 0.15) is 97.3 Å². The quantitative estimate of drug-likeness (QED) is 0.404. The Morgan fingerprint density at radius 3 is 1.18 bits per heavy atom. The summed E-state index contributed by atoms with van der Waals surface area (Å²) in [6.07, 6.45) is 11.4. The number of aliphatic hydroxyl groups excluding tert-OH is 3. The first kappa shape index (κ1) is 28.3. The highest BCUT2D eigenvalue weighted by atomic mass is 16.6. The lowest BCUT2D eigenvalue weighted by molar-refractivity contribution is -0.161. The van der Waals surface area contributed by atoms with Gasteiger partial charge in [-0.2, -0.15) is 0 Å². The van der Waals surface area contributed by atoms with Crippen molar-refractivity contribution in [3.05, 3.63) is 0 Å². The van der Waals surface area contributed by atoms with Crippen LogP contribution in [0, 0.1) is 5.41 Å². The molecule has 0 bridgehead atoms. The number of rotatable bonds is 10. The summed E-state index contributed by atoms with van der Waals surface area (Å²) in [5.74, 6) is 0. The molecule has 0 spiro atoms. The molecule has 0 radical (unpaired) electrons. The second-order valence-electron chi connectivity index (χ2n) is 11.1. The van der Waals surface area contributed by atoms with Crippen molar-refractivity contribution in [2.45, 2.75) is 140 Å². The lowest BCUT2D eigenvalue weighted by atomic mass is 9.86. The predicted octanol–water partition coefficient (Wildman–Crippen LogP) is 3.75. The Balaban J connectivity index is 0.000000732. The van der Waals surface area contributed by atoms with Crippen LogP contribution in [0.5, 0.6) is 0 Å². The standard InChI is InChI=1S/C24H44O6.C3H6O/c1-2-24(15-28-21-12-6-3-9-18(21)25,16-29-22-13-7-4-10-19(22)26)17-30-23-14-8-5-11-20(23)27;1-3-2-4-3/h18-23,25-27H,2-17H2,1H3;3H,2H2,1H3. The number of epoxide rings is 1. The summed E-state index contributed by atoms with van der Waals surface area (Å²) >= 11 is 0. The van der Waals surface area contributed by atoms with Crippen molar-refractivity contribution in [3.63, 3.8) is 0 Å². The molecule has 1 aliphatic heterocycles. The fraction of sp³-hybridized carbons (Fsp3) is 1.00. The van der Waals surface area contributed by atoms with Crippen molar-refractivity contribution in [1.82, 2.24) is 0 Å². The first-order valence-corrected chi connectivity index (χ1v) is 13.9. The van der Waals surface area contributed by atoms with E-state index in [9.17, 15) is 15.3 Å². The molecular formula is C27H50O7. The lowest BCUT2D eigenvalue weighted by Gasteiger charge is -2.39. The molecule has 3 saturated carbocycles. The number of hydrogen-bond acceptors (Lipinski definition) is 7. The zero-order valence-corrected chi connectivity index (χ0v) is 21.5. The van der Waals surface area contributed by atoms with E-state index < -0.39 is 18.3 Å². The van der Waals surface area contributed by atoms with Crippen LogP contribution in [0.2, 0.25) is 0 Å². The van der Waals surface area contributed by atoms with Gasteiger partial charge in [-0.15, -0.1) is 0 Å². The normalized spacial score (nSPS) is 37.9. The number of aliphatic hydroxyl groups is 3. The van der Waals surface area contributed by atoms with E-state index in [1.54, 1.807) is 0 Å². The largest absolute Gasteiger partial charge is 0.390 e. The van der Waals surface area contributed by atoms with Crippen LogP contribution in [0.3, 0.4) is 0 Å². The van der Waals surface area contributed by atoms with E-state index >= 15 is 0 Å². The fourth-order valence-corrected chi connectivity index (χ4v) is 5.19. The van der Waals surface area contributed by atoms with E-state index in [1.807, 2.05) is 0 Å². The second kappa shape index (κ2) is 14.5. The molecule has 7 unspecified atom stereocenters. The van der Waals surface area contributed by atoms with Gasteiger partial charge >= 0.3 is 0 Å². The SMILES string of the molecule is CC1CO1.CCC(COC1CCCCC1O)(COC1CCCCC1O)COC1CCCCC1O. The van der Waals surface area contributed by atoms with Crippen LogP contribution in [0.15, 0.2) is 0 Å². The van der Waals surface area contributed by atoms with Gasteiger partial charge in [-0.3, -0.25) is 0 Å². The zero-order chi connectivity index (χ0) is 24.4. The first-order chi connectivity index (χ1) is 16.4. The third-order valence-corrected chi connectivity index (χ3v) is 8.06. The van der Waals surface area contributed by atoms with E-state index in [-0.39, 0.29) is 23.7 Å². The summed E-state index contributed by atoms with van der Waals surface area (Å²) in [7, 11) is 0. The molecule has 34 heavy (non-hydrogen) atoms. The smallest absolute Gasteiger partial charge is 0.0834 e.